The van der Waals surface area contributed by atoms with Crippen LogP contribution < -0.4 is 19.7 Å². The fourth-order valence-electron chi connectivity index (χ4n) is 4.21. The van der Waals surface area contributed by atoms with Crippen molar-refractivity contribution in [2.24, 2.45) is 0 Å². The highest BCUT2D eigenvalue weighted by atomic mass is 19.1. The Morgan fingerprint density at radius 3 is 2.68 bits per heavy atom. The molecule has 3 heterocycles. The van der Waals surface area contributed by atoms with E-state index in [-0.39, 0.29) is 31.3 Å². The van der Waals surface area contributed by atoms with Crippen LogP contribution in [-0.2, 0) is 4.79 Å². The number of pyridine rings is 1. The van der Waals surface area contributed by atoms with Crippen molar-refractivity contribution in [2.75, 3.05) is 38.7 Å². The molecule has 5 rings (SSSR count). The molecule has 188 valence electrons. The van der Waals surface area contributed by atoms with Crippen LogP contribution >= 0.6 is 0 Å². The second kappa shape index (κ2) is 9.91. The summed E-state index contributed by atoms with van der Waals surface area (Å²) in [6.07, 6.45) is 1.46. The van der Waals surface area contributed by atoms with Gasteiger partial charge in [-0.15, -0.1) is 0 Å². The van der Waals surface area contributed by atoms with Crippen LogP contribution in [-0.4, -0.2) is 67.2 Å². The van der Waals surface area contributed by atoms with Gasteiger partial charge in [-0.3, -0.25) is 19.5 Å². The van der Waals surface area contributed by atoms with Crippen LogP contribution in [0.3, 0.4) is 0 Å². The van der Waals surface area contributed by atoms with E-state index in [0.29, 0.717) is 28.5 Å². The number of likely N-dealkylation sites (tertiary alicyclic amines) is 1. The summed E-state index contributed by atoms with van der Waals surface area (Å²) in [4.78, 5) is 33.5. The van der Waals surface area contributed by atoms with Gasteiger partial charge in [0.1, 0.15) is 35.6 Å². The van der Waals surface area contributed by atoms with Gasteiger partial charge in [0.2, 0.25) is 0 Å². The zero-order chi connectivity index (χ0) is 26.0. The standard InChI is InChI=1S/C28H25FN4O4/c1-32-17-28(29,18-32)12-10-19-8-9-25-24(14-19)33(2)27(35)23(16-36-25)31-26(34)22-15-21(11-13-30-22)37-20-6-4-3-5-7-20/h3-9,11,13-15,23H,16-18H2,1-2H3,(H,31,34)/t23-/m0/s1. The number of amides is 2. The number of benzene rings is 2. The first-order valence-electron chi connectivity index (χ1n) is 11.7. The Labute approximate surface area is 214 Å². The lowest BCUT2D eigenvalue weighted by Crippen LogP contribution is -2.56. The molecule has 0 radical (unpaired) electrons. The second-order valence-electron chi connectivity index (χ2n) is 9.10. The Morgan fingerprint density at radius 1 is 1.14 bits per heavy atom. The van der Waals surface area contributed by atoms with Crippen LogP contribution in [0, 0.1) is 11.8 Å². The number of alkyl halides is 1. The predicted molar refractivity (Wildman–Crippen MR) is 136 cm³/mol. The third kappa shape index (κ3) is 5.39. The van der Waals surface area contributed by atoms with Crippen LogP contribution in [0.1, 0.15) is 16.1 Å². The molecule has 1 fully saturated rings. The maximum absolute atomic E-state index is 14.5. The quantitative estimate of drug-likeness (QED) is 0.555. The normalized spacial score (nSPS) is 18.3. The van der Waals surface area contributed by atoms with Crippen LogP contribution in [0.15, 0.2) is 66.9 Å². The van der Waals surface area contributed by atoms with Crippen molar-refractivity contribution in [3.63, 3.8) is 0 Å². The Morgan fingerprint density at radius 2 is 1.92 bits per heavy atom. The minimum absolute atomic E-state index is 0.0624. The average molecular weight is 501 g/mol. The van der Waals surface area contributed by atoms with Crippen molar-refractivity contribution in [3.8, 4) is 29.1 Å². The molecule has 1 atom stereocenters. The molecule has 37 heavy (non-hydrogen) atoms. The molecule has 0 unspecified atom stereocenters. The number of para-hydroxylation sites is 1. The molecule has 1 saturated heterocycles. The molecule has 0 saturated carbocycles. The van der Waals surface area contributed by atoms with E-state index in [1.54, 1.807) is 43.4 Å². The number of carbonyl (C=O) groups excluding carboxylic acids is 2. The molecule has 2 amide bonds. The van der Waals surface area contributed by atoms with Gasteiger partial charge in [-0.25, -0.2) is 4.39 Å². The summed E-state index contributed by atoms with van der Waals surface area (Å²) < 4.78 is 26.1. The van der Waals surface area contributed by atoms with Crippen molar-refractivity contribution < 1.29 is 23.5 Å². The third-order valence-corrected chi connectivity index (χ3v) is 6.07. The van der Waals surface area contributed by atoms with Gasteiger partial charge in [-0.2, -0.15) is 0 Å². The lowest BCUT2D eigenvalue weighted by molar-refractivity contribution is -0.120. The molecular formula is C28H25FN4O4. The molecule has 1 aromatic heterocycles. The Hall–Kier alpha value is -4.42. The number of halogens is 1. The topological polar surface area (TPSA) is 84.0 Å². The highest BCUT2D eigenvalue weighted by Gasteiger charge is 2.39. The molecule has 8 nitrogen and oxygen atoms in total. The molecule has 0 spiro atoms. The van der Waals surface area contributed by atoms with Gasteiger partial charge in [0.15, 0.2) is 5.67 Å². The first-order valence-corrected chi connectivity index (χ1v) is 11.7. The van der Waals surface area contributed by atoms with Gasteiger partial charge in [-0.05, 0) is 43.4 Å². The van der Waals surface area contributed by atoms with Gasteiger partial charge in [-0.1, -0.05) is 30.0 Å². The molecule has 2 aromatic carbocycles. The van der Waals surface area contributed by atoms with E-state index in [9.17, 15) is 14.0 Å². The van der Waals surface area contributed by atoms with Crippen molar-refractivity contribution in [2.45, 2.75) is 11.7 Å². The minimum atomic E-state index is -1.52. The Kier molecular flexibility index (Phi) is 6.51. The summed E-state index contributed by atoms with van der Waals surface area (Å²) in [6.45, 7) is 0.473. The van der Waals surface area contributed by atoms with E-state index in [2.05, 4.69) is 22.1 Å². The number of hydrogen-bond donors (Lipinski definition) is 1. The van der Waals surface area contributed by atoms with Gasteiger partial charge in [0, 0.05) is 38.0 Å². The summed E-state index contributed by atoms with van der Waals surface area (Å²) in [5.74, 6) is 6.18. The van der Waals surface area contributed by atoms with Gasteiger partial charge >= 0.3 is 0 Å². The van der Waals surface area contributed by atoms with Crippen LogP contribution in [0.4, 0.5) is 10.1 Å². The largest absolute Gasteiger partial charge is 0.489 e. The summed E-state index contributed by atoms with van der Waals surface area (Å²) >= 11 is 0. The maximum atomic E-state index is 14.5. The number of aromatic nitrogens is 1. The Balaban J connectivity index is 1.28. The van der Waals surface area contributed by atoms with Gasteiger partial charge in [0.05, 0.1) is 5.69 Å². The molecule has 3 aromatic rings. The smallest absolute Gasteiger partial charge is 0.270 e. The van der Waals surface area contributed by atoms with Crippen molar-refractivity contribution >= 4 is 17.5 Å². The predicted octanol–water partition coefficient (Wildman–Crippen LogP) is 3.03. The minimum Gasteiger partial charge on any atom is -0.489 e. The molecule has 2 aliphatic heterocycles. The number of likely N-dealkylation sites (N-methyl/N-ethyl adjacent to an activating group) is 1. The van der Waals surface area contributed by atoms with E-state index < -0.39 is 17.6 Å². The molecule has 0 bridgehead atoms. The summed E-state index contributed by atoms with van der Waals surface area (Å²) in [6, 6.07) is 16.5. The zero-order valence-electron chi connectivity index (χ0n) is 20.4. The number of carbonyl (C=O) groups is 2. The van der Waals surface area contributed by atoms with Crippen molar-refractivity contribution in [3.05, 3.63) is 78.1 Å². The fourth-order valence-corrected chi connectivity index (χ4v) is 4.21. The van der Waals surface area contributed by atoms with E-state index in [4.69, 9.17) is 9.47 Å². The molecule has 2 aliphatic rings. The van der Waals surface area contributed by atoms with Crippen LogP contribution in [0.5, 0.6) is 17.2 Å². The Bertz CT molecular complexity index is 1400. The SMILES string of the molecule is CN1CC(F)(C#Cc2ccc3c(c2)N(C)C(=O)[C@@H](NC(=O)c2cc(Oc4ccccc4)ccn2)CO3)C1. The highest BCUT2D eigenvalue weighted by molar-refractivity contribution is 6.03. The molecular weight excluding hydrogens is 475 g/mol. The first kappa shape index (κ1) is 24.3. The number of anilines is 1. The number of hydrogen-bond acceptors (Lipinski definition) is 6. The van der Waals surface area contributed by atoms with E-state index in [1.165, 1.54) is 17.2 Å². The van der Waals surface area contributed by atoms with E-state index in [0.717, 1.165) is 0 Å². The lowest BCUT2D eigenvalue weighted by Gasteiger charge is -2.38. The van der Waals surface area contributed by atoms with Crippen molar-refractivity contribution in [1.82, 2.24) is 15.2 Å². The van der Waals surface area contributed by atoms with Crippen LogP contribution in [0.2, 0.25) is 0 Å². The number of fused-ring (bicyclic) bond motifs is 1. The zero-order valence-corrected chi connectivity index (χ0v) is 20.4. The number of nitrogens with one attached hydrogen (secondary N) is 1. The molecule has 9 heteroatoms. The number of ether oxygens (including phenoxy) is 2. The third-order valence-electron chi connectivity index (χ3n) is 6.07. The van der Waals surface area contributed by atoms with E-state index >= 15 is 0 Å². The fraction of sp³-hybridized carbons (Fsp3) is 0.250. The van der Waals surface area contributed by atoms with Gasteiger partial charge in [0.25, 0.3) is 11.8 Å². The van der Waals surface area contributed by atoms with Crippen molar-refractivity contribution in [1.29, 1.82) is 0 Å². The number of rotatable bonds is 4. The maximum Gasteiger partial charge on any atom is 0.270 e. The summed E-state index contributed by atoms with van der Waals surface area (Å²) in [5, 5.41) is 2.70. The summed E-state index contributed by atoms with van der Waals surface area (Å²) in [5.41, 5.74) is -0.365. The monoisotopic (exact) mass is 500 g/mol. The molecule has 0 aliphatic carbocycles. The highest BCUT2D eigenvalue weighted by Crippen LogP contribution is 2.32. The van der Waals surface area contributed by atoms with E-state index in [1.807, 2.05) is 30.1 Å². The van der Waals surface area contributed by atoms with Gasteiger partial charge < -0.3 is 19.7 Å². The first-order chi connectivity index (χ1) is 17.8. The second-order valence-corrected chi connectivity index (χ2v) is 9.10. The molecule has 1 N–H and O–H groups in total. The van der Waals surface area contributed by atoms with Crippen LogP contribution in [0.25, 0.3) is 0 Å². The summed E-state index contributed by atoms with van der Waals surface area (Å²) in [7, 11) is 3.43. The lowest BCUT2D eigenvalue weighted by atomic mass is 9.97. The average Bonchev–Trinajstić information content (AvgIpc) is 2.99. The number of nitrogens with zero attached hydrogens (tertiary/aromatic N) is 3.